The lowest BCUT2D eigenvalue weighted by Crippen LogP contribution is -2.44. The summed E-state index contributed by atoms with van der Waals surface area (Å²) in [4.78, 5) is 34.2. The third-order valence-corrected chi connectivity index (χ3v) is 7.62. The Morgan fingerprint density at radius 3 is 2.69 bits per heavy atom. The number of halogens is 1. The Hall–Kier alpha value is -5.16. The number of carbonyl (C=O) groups is 1. The van der Waals surface area contributed by atoms with Crippen LogP contribution in [0.1, 0.15) is 5.56 Å². The number of benzene rings is 2. The quantitative estimate of drug-likeness (QED) is 0.271. The molecule has 0 atom stereocenters. The summed E-state index contributed by atoms with van der Waals surface area (Å²) < 4.78 is 16.2. The van der Waals surface area contributed by atoms with Gasteiger partial charge in [0.2, 0.25) is 5.91 Å². The summed E-state index contributed by atoms with van der Waals surface area (Å²) in [5.74, 6) is 0.629. The van der Waals surface area contributed by atoms with E-state index in [0.29, 0.717) is 39.2 Å². The number of likely N-dealkylation sites (N-methyl/N-ethyl adjacent to an activating group) is 1. The van der Waals surface area contributed by atoms with E-state index in [-0.39, 0.29) is 12.3 Å². The van der Waals surface area contributed by atoms with E-state index in [1.165, 1.54) is 0 Å². The first-order valence-electron chi connectivity index (χ1n) is 13.8. The lowest BCUT2D eigenvalue weighted by Gasteiger charge is -2.33. The second kappa shape index (κ2) is 10.7. The minimum absolute atomic E-state index is 0.177. The smallest absolute Gasteiger partial charge is 0.228 e. The highest BCUT2D eigenvalue weighted by atomic mass is 19.1. The van der Waals surface area contributed by atoms with Crippen LogP contribution in [-0.4, -0.2) is 74.2 Å². The molecule has 1 aliphatic heterocycles. The van der Waals surface area contributed by atoms with Crippen LogP contribution in [-0.2, 0) is 11.2 Å². The number of hydrogen-bond acceptors (Lipinski definition) is 7. The number of imidazole rings is 1. The summed E-state index contributed by atoms with van der Waals surface area (Å²) in [5.41, 5.74) is 4.73. The number of H-pyrrole nitrogens is 2. The molecule has 0 saturated carbocycles. The fourth-order valence-corrected chi connectivity index (χ4v) is 5.39. The largest absolute Gasteiger partial charge is 0.352 e. The summed E-state index contributed by atoms with van der Waals surface area (Å²) in [7, 11) is 2.11. The number of fused-ring (bicyclic) bond motifs is 2. The van der Waals surface area contributed by atoms with Crippen molar-refractivity contribution >= 4 is 39.3 Å². The Kier molecular flexibility index (Phi) is 6.55. The molecule has 2 aromatic carbocycles. The topological polar surface area (TPSA) is 119 Å². The molecule has 5 heterocycles. The first-order chi connectivity index (χ1) is 20.5. The molecule has 210 valence electrons. The Morgan fingerprint density at radius 2 is 1.86 bits per heavy atom. The number of pyridine rings is 2. The fraction of sp³-hybridized carbons (Fsp3) is 0.194. The first-order valence-corrected chi connectivity index (χ1v) is 13.8. The van der Waals surface area contributed by atoms with Crippen molar-refractivity contribution in [1.29, 1.82) is 0 Å². The van der Waals surface area contributed by atoms with Crippen LogP contribution < -0.4 is 10.2 Å². The lowest BCUT2D eigenvalue weighted by molar-refractivity contribution is -0.115. The van der Waals surface area contributed by atoms with Gasteiger partial charge >= 0.3 is 0 Å². The van der Waals surface area contributed by atoms with Gasteiger partial charge in [-0.15, -0.1) is 0 Å². The molecule has 0 bridgehead atoms. The number of piperazine rings is 1. The van der Waals surface area contributed by atoms with Crippen LogP contribution in [0.2, 0.25) is 0 Å². The average Bonchev–Trinajstić information content (AvgIpc) is 3.63. The van der Waals surface area contributed by atoms with Crippen molar-refractivity contribution in [3.05, 3.63) is 84.6 Å². The summed E-state index contributed by atoms with van der Waals surface area (Å²) in [6.45, 7) is 3.60. The van der Waals surface area contributed by atoms with Gasteiger partial charge in [0.15, 0.2) is 11.6 Å². The summed E-state index contributed by atoms with van der Waals surface area (Å²) >= 11 is 0. The van der Waals surface area contributed by atoms with Gasteiger partial charge in [-0.2, -0.15) is 5.10 Å². The molecule has 0 spiro atoms. The molecular formula is C31H28FN9O. The zero-order valence-electron chi connectivity index (χ0n) is 22.9. The van der Waals surface area contributed by atoms with Gasteiger partial charge in [-0.05, 0) is 36.9 Å². The minimum Gasteiger partial charge on any atom is -0.352 e. The summed E-state index contributed by atoms with van der Waals surface area (Å²) in [6.07, 6.45) is 5.11. The molecule has 3 N–H and O–H groups in total. The van der Waals surface area contributed by atoms with E-state index in [9.17, 15) is 4.79 Å². The van der Waals surface area contributed by atoms with Crippen molar-refractivity contribution in [2.45, 2.75) is 6.42 Å². The predicted octanol–water partition coefficient (Wildman–Crippen LogP) is 4.64. The van der Waals surface area contributed by atoms with Crippen LogP contribution >= 0.6 is 0 Å². The number of nitrogens with zero attached hydrogens (tertiary/aromatic N) is 6. The number of rotatable bonds is 6. The van der Waals surface area contributed by atoms with Gasteiger partial charge in [-0.1, -0.05) is 30.3 Å². The molecule has 1 aliphatic rings. The number of aromatic amines is 2. The third-order valence-electron chi connectivity index (χ3n) is 7.62. The zero-order valence-corrected chi connectivity index (χ0v) is 22.9. The number of anilines is 2. The highest BCUT2D eigenvalue weighted by Crippen LogP contribution is 2.35. The molecule has 11 heteroatoms. The van der Waals surface area contributed by atoms with E-state index in [0.717, 1.165) is 48.6 Å². The molecule has 6 aromatic rings. The van der Waals surface area contributed by atoms with Crippen molar-refractivity contribution in [1.82, 2.24) is 35.0 Å². The number of amides is 1. The van der Waals surface area contributed by atoms with Crippen molar-refractivity contribution in [3.8, 4) is 22.6 Å². The van der Waals surface area contributed by atoms with E-state index in [4.69, 9.17) is 4.98 Å². The predicted molar refractivity (Wildman–Crippen MR) is 161 cm³/mol. The molecule has 10 nitrogen and oxygen atoms in total. The van der Waals surface area contributed by atoms with E-state index in [2.05, 4.69) is 47.3 Å². The van der Waals surface area contributed by atoms with E-state index < -0.39 is 5.82 Å². The Morgan fingerprint density at radius 1 is 1.02 bits per heavy atom. The van der Waals surface area contributed by atoms with Gasteiger partial charge in [0.05, 0.1) is 34.7 Å². The summed E-state index contributed by atoms with van der Waals surface area (Å²) in [6, 6.07) is 16.5. The second-order valence-electron chi connectivity index (χ2n) is 10.5. The maximum atomic E-state index is 16.2. The Labute approximate surface area is 240 Å². The van der Waals surface area contributed by atoms with Crippen molar-refractivity contribution in [2.75, 3.05) is 43.4 Å². The molecule has 0 radical (unpaired) electrons. The highest BCUT2D eigenvalue weighted by molar-refractivity contribution is 5.98. The van der Waals surface area contributed by atoms with Gasteiger partial charge in [0.25, 0.3) is 0 Å². The first kappa shape index (κ1) is 25.8. The van der Waals surface area contributed by atoms with E-state index in [1.807, 2.05) is 36.4 Å². The van der Waals surface area contributed by atoms with Crippen LogP contribution in [0.4, 0.5) is 15.9 Å². The molecule has 0 aliphatic carbocycles. The number of carbonyl (C=O) groups excluding carboxylic acids is 1. The molecule has 4 aromatic heterocycles. The maximum absolute atomic E-state index is 16.2. The normalized spacial score (nSPS) is 14.1. The van der Waals surface area contributed by atoms with Crippen molar-refractivity contribution in [3.63, 3.8) is 0 Å². The second-order valence-corrected chi connectivity index (χ2v) is 10.5. The molecule has 1 saturated heterocycles. The molecule has 1 amide bonds. The van der Waals surface area contributed by atoms with Gasteiger partial charge in [0, 0.05) is 49.7 Å². The number of hydrogen-bond donors (Lipinski definition) is 3. The molecule has 1 fully saturated rings. The van der Waals surface area contributed by atoms with E-state index in [1.54, 1.807) is 36.8 Å². The molecule has 7 rings (SSSR count). The molecule has 0 unspecified atom stereocenters. The van der Waals surface area contributed by atoms with Gasteiger partial charge < -0.3 is 20.1 Å². The van der Waals surface area contributed by atoms with Crippen molar-refractivity contribution < 1.29 is 9.18 Å². The summed E-state index contributed by atoms with van der Waals surface area (Å²) in [5, 5.41) is 10.6. The molecular weight excluding hydrogens is 533 g/mol. The highest BCUT2D eigenvalue weighted by Gasteiger charge is 2.23. The minimum atomic E-state index is -0.455. The SMILES string of the molecule is CN1CCN(c2nccc3[nH]c(-c4n[nH]c5ccc(-c6cncc(NC(=O)Cc7ccccc7)c6)c(F)c45)nc23)CC1. The fourth-order valence-electron chi connectivity index (χ4n) is 5.39. The van der Waals surface area contributed by atoms with E-state index >= 15 is 4.39 Å². The number of aromatic nitrogens is 6. The maximum Gasteiger partial charge on any atom is 0.228 e. The average molecular weight is 562 g/mol. The number of nitrogens with one attached hydrogen (secondary N) is 3. The van der Waals surface area contributed by atoms with Crippen LogP contribution in [0.15, 0.2) is 73.2 Å². The zero-order chi connectivity index (χ0) is 28.6. The monoisotopic (exact) mass is 561 g/mol. The standard InChI is InChI=1S/C31H28FN9O/c1-40-11-13-41(14-12-40)31-28-24(9-10-34-31)36-30(37-28)29-26-23(38-39-29)8-7-22(27(26)32)20-16-21(18-33-17-20)35-25(42)15-19-5-3-2-4-6-19/h2-10,16-18H,11-15H2,1H3,(H,35,42)(H,36,37)(H,38,39). The van der Waals surface area contributed by atoms with Crippen LogP contribution in [0.5, 0.6) is 0 Å². The lowest BCUT2D eigenvalue weighted by atomic mass is 10.0. The van der Waals surface area contributed by atoms with Crippen LogP contribution in [0, 0.1) is 5.82 Å². The van der Waals surface area contributed by atoms with Crippen LogP contribution in [0.25, 0.3) is 44.6 Å². The Balaban J connectivity index is 1.21. The van der Waals surface area contributed by atoms with Gasteiger partial charge in [-0.25, -0.2) is 14.4 Å². The van der Waals surface area contributed by atoms with Gasteiger partial charge in [0.1, 0.15) is 17.0 Å². The molecule has 42 heavy (non-hydrogen) atoms. The van der Waals surface area contributed by atoms with Crippen LogP contribution in [0.3, 0.4) is 0 Å². The Bertz CT molecular complexity index is 1910. The third kappa shape index (κ3) is 4.83. The van der Waals surface area contributed by atoms with Crippen molar-refractivity contribution in [2.24, 2.45) is 0 Å². The van der Waals surface area contributed by atoms with Gasteiger partial charge in [-0.3, -0.25) is 14.9 Å².